The summed E-state index contributed by atoms with van der Waals surface area (Å²) in [6, 6.07) is 18.8. The van der Waals surface area contributed by atoms with E-state index in [-0.39, 0.29) is 5.63 Å². The number of rotatable bonds is 4. The minimum Gasteiger partial charge on any atom is -0.368 e. The molecule has 0 aliphatic carbocycles. The second-order valence-electron chi connectivity index (χ2n) is 7.35. The molecule has 0 saturated carbocycles. The zero-order chi connectivity index (χ0) is 19.5. The lowest BCUT2D eigenvalue weighted by Gasteiger charge is -2.37. The minimum absolute atomic E-state index is 0.346. The molecule has 1 aliphatic rings. The number of anilines is 2. The molecule has 2 aromatic carbocycles. The highest BCUT2D eigenvalue weighted by Crippen LogP contribution is 2.24. The lowest BCUT2D eigenvalue weighted by atomic mass is 10.0. The Balaban J connectivity index is 1.58. The maximum Gasteiger partial charge on any atom is 0.382 e. The van der Waals surface area contributed by atoms with Crippen molar-refractivity contribution < 1.29 is 4.52 Å². The van der Waals surface area contributed by atoms with E-state index in [4.69, 9.17) is 4.52 Å². The lowest BCUT2D eigenvalue weighted by Crippen LogP contribution is -2.48. The van der Waals surface area contributed by atoms with Gasteiger partial charge in [0.2, 0.25) is 0 Å². The Morgan fingerprint density at radius 3 is 2.21 bits per heavy atom. The molecule has 28 heavy (non-hydrogen) atoms. The molecule has 0 spiro atoms. The summed E-state index contributed by atoms with van der Waals surface area (Å²) in [6.07, 6.45) is 0.680. The van der Waals surface area contributed by atoms with Gasteiger partial charge in [0, 0.05) is 43.9 Å². The number of benzene rings is 2. The quantitative estimate of drug-likeness (QED) is 0.698. The summed E-state index contributed by atoms with van der Waals surface area (Å²) in [5.41, 5.74) is 5.68. The SMILES string of the molecule is Cc1ccc(Cc2c(C)noc(=O)c2N2CCN(c3ccccc3)CC2)cc1. The molecule has 1 saturated heterocycles. The van der Waals surface area contributed by atoms with Crippen LogP contribution in [0.4, 0.5) is 11.4 Å². The highest BCUT2D eigenvalue weighted by atomic mass is 16.5. The van der Waals surface area contributed by atoms with Gasteiger partial charge >= 0.3 is 5.63 Å². The maximum atomic E-state index is 12.6. The summed E-state index contributed by atoms with van der Waals surface area (Å²) >= 11 is 0. The average molecular weight is 375 g/mol. The van der Waals surface area contributed by atoms with Gasteiger partial charge in [-0.15, -0.1) is 0 Å². The Morgan fingerprint density at radius 2 is 1.54 bits per heavy atom. The van der Waals surface area contributed by atoms with Gasteiger partial charge in [-0.05, 0) is 31.5 Å². The molecule has 1 fully saturated rings. The Bertz CT molecular complexity index is 989. The van der Waals surface area contributed by atoms with Gasteiger partial charge in [0.05, 0.1) is 5.69 Å². The predicted molar refractivity (Wildman–Crippen MR) is 112 cm³/mol. The lowest BCUT2D eigenvalue weighted by molar-refractivity contribution is 0.360. The van der Waals surface area contributed by atoms with Crippen molar-refractivity contribution in [2.75, 3.05) is 36.0 Å². The second-order valence-corrected chi connectivity index (χ2v) is 7.35. The van der Waals surface area contributed by atoms with Crippen molar-refractivity contribution in [3.63, 3.8) is 0 Å². The number of aromatic nitrogens is 1. The first-order valence-electron chi connectivity index (χ1n) is 9.72. The zero-order valence-corrected chi connectivity index (χ0v) is 16.4. The molecule has 4 rings (SSSR count). The number of hydrogen-bond donors (Lipinski definition) is 0. The Morgan fingerprint density at radius 1 is 0.893 bits per heavy atom. The van der Waals surface area contributed by atoms with Crippen molar-refractivity contribution in [3.8, 4) is 0 Å². The third-order valence-electron chi connectivity index (χ3n) is 5.40. The van der Waals surface area contributed by atoms with Crippen LogP contribution >= 0.6 is 0 Å². The molecule has 3 aromatic rings. The summed E-state index contributed by atoms with van der Waals surface area (Å²) in [5.74, 6) is 0. The van der Waals surface area contributed by atoms with Crippen LogP contribution in [0.3, 0.4) is 0 Å². The van der Waals surface area contributed by atoms with E-state index >= 15 is 0 Å². The molecule has 1 aliphatic heterocycles. The van der Waals surface area contributed by atoms with Gasteiger partial charge < -0.3 is 14.3 Å². The van der Waals surface area contributed by atoms with Crippen LogP contribution in [0.5, 0.6) is 0 Å². The van der Waals surface area contributed by atoms with Crippen LogP contribution in [0.15, 0.2) is 63.9 Å². The fraction of sp³-hybridized carbons (Fsp3) is 0.304. The molecule has 0 N–H and O–H groups in total. The normalized spacial score (nSPS) is 14.4. The number of para-hydroxylation sites is 1. The summed E-state index contributed by atoms with van der Waals surface area (Å²) in [7, 11) is 0. The van der Waals surface area contributed by atoms with Crippen molar-refractivity contribution in [1.29, 1.82) is 0 Å². The first-order chi connectivity index (χ1) is 13.6. The summed E-state index contributed by atoms with van der Waals surface area (Å²) in [6.45, 7) is 7.29. The van der Waals surface area contributed by atoms with E-state index in [1.165, 1.54) is 16.8 Å². The minimum atomic E-state index is -0.346. The molecule has 0 bridgehead atoms. The second kappa shape index (κ2) is 7.89. The predicted octanol–water partition coefficient (Wildman–Crippen LogP) is 3.57. The molecule has 0 amide bonds. The molecule has 2 heterocycles. The smallest absolute Gasteiger partial charge is 0.368 e. The van der Waals surface area contributed by atoms with Crippen LogP contribution in [-0.4, -0.2) is 31.3 Å². The van der Waals surface area contributed by atoms with E-state index in [1.54, 1.807) is 0 Å². The number of aryl methyl sites for hydroxylation is 2. The van der Waals surface area contributed by atoms with Crippen molar-refractivity contribution in [2.45, 2.75) is 20.3 Å². The Kier molecular flexibility index (Phi) is 5.15. The number of hydrogen-bond acceptors (Lipinski definition) is 5. The van der Waals surface area contributed by atoms with Crippen LogP contribution in [-0.2, 0) is 6.42 Å². The summed E-state index contributed by atoms with van der Waals surface area (Å²) < 4.78 is 5.09. The van der Waals surface area contributed by atoms with Gasteiger partial charge in [-0.25, -0.2) is 4.79 Å². The van der Waals surface area contributed by atoms with Gasteiger partial charge in [-0.1, -0.05) is 53.2 Å². The van der Waals surface area contributed by atoms with Gasteiger partial charge in [0.25, 0.3) is 0 Å². The topological polar surface area (TPSA) is 49.6 Å². The molecule has 5 nitrogen and oxygen atoms in total. The number of piperazine rings is 1. The van der Waals surface area contributed by atoms with E-state index in [2.05, 4.69) is 70.4 Å². The van der Waals surface area contributed by atoms with Crippen LogP contribution in [0.2, 0.25) is 0 Å². The van der Waals surface area contributed by atoms with Crippen LogP contribution in [0.25, 0.3) is 0 Å². The third-order valence-corrected chi connectivity index (χ3v) is 5.40. The molecule has 0 unspecified atom stereocenters. The van der Waals surface area contributed by atoms with Gasteiger partial charge in [-0.3, -0.25) is 0 Å². The molecular formula is C23H25N3O2. The fourth-order valence-electron chi connectivity index (χ4n) is 3.77. The first kappa shape index (κ1) is 18.3. The third kappa shape index (κ3) is 3.79. The molecule has 5 heteroatoms. The fourth-order valence-corrected chi connectivity index (χ4v) is 3.77. The summed E-state index contributed by atoms with van der Waals surface area (Å²) in [4.78, 5) is 17.1. The van der Waals surface area contributed by atoms with Crippen LogP contribution < -0.4 is 15.4 Å². The monoisotopic (exact) mass is 375 g/mol. The van der Waals surface area contributed by atoms with Crippen molar-refractivity contribution in [2.24, 2.45) is 0 Å². The van der Waals surface area contributed by atoms with Gasteiger partial charge in [0.1, 0.15) is 5.69 Å². The van der Waals surface area contributed by atoms with Gasteiger partial charge in [-0.2, -0.15) is 0 Å². The number of nitrogens with zero attached hydrogens (tertiary/aromatic N) is 3. The van der Waals surface area contributed by atoms with Crippen molar-refractivity contribution in [3.05, 3.63) is 87.4 Å². The van der Waals surface area contributed by atoms with E-state index in [0.29, 0.717) is 12.1 Å². The zero-order valence-electron chi connectivity index (χ0n) is 16.4. The Hall–Kier alpha value is -3.08. The molecule has 0 atom stereocenters. The summed E-state index contributed by atoms with van der Waals surface area (Å²) in [5, 5.41) is 3.99. The van der Waals surface area contributed by atoms with Crippen molar-refractivity contribution >= 4 is 11.4 Å². The van der Waals surface area contributed by atoms with Crippen molar-refractivity contribution in [1.82, 2.24) is 5.16 Å². The standard InChI is InChI=1S/C23H25N3O2/c1-17-8-10-19(11-9-17)16-21-18(2)24-28-23(27)22(21)26-14-12-25(13-15-26)20-6-4-3-5-7-20/h3-11H,12-16H2,1-2H3. The van der Waals surface area contributed by atoms with Crippen LogP contribution in [0.1, 0.15) is 22.4 Å². The van der Waals surface area contributed by atoms with Gasteiger partial charge in [0.15, 0.2) is 0 Å². The molecule has 0 radical (unpaired) electrons. The molecule has 1 aromatic heterocycles. The highest BCUT2D eigenvalue weighted by molar-refractivity contribution is 5.56. The van der Waals surface area contributed by atoms with E-state index in [0.717, 1.165) is 37.4 Å². The van der Waals surface area contributed by atoms with E-state index in [9.17, 15) is 4.79 Å². The maximum absolute atomic E-state index is 12.6. The Labute approximate surface area is 165 Å². The largest absolute Gasteiger partial charge is 0.382 e. The van der Waals surface area contributed by atoms with E-state index < -0.39 is 0 Å². The van der Waals surface area contributed by atoms with E-state index in [1.807, 2.05) is 13.0 Å². The average Bonchev–Trinajstić information content (AvgIpc) is 2.73. The highest BCUT2D eigenvalue weighted by Gasteiger charge is 2.24. The van der Waals surface area contributed by atoms with Crippen LogP contribution in [0, 0.1) is 13.8 Å². The molecule has 144 valence electrons. The first-order valence-corrected chi connectivity index (χ1v) is 9.72. The molecular weight excluding hydrogens is 350 g/mol.